The van der Waals surface area contributed by atoms with Gasteiger partial charge in [0, 0.05) is 18.4 Å². The van der Waals surface area contributed by atoms with E-state index in [1.165, 1.54) is 38.8 Å². The summed E-state index contributed by atoms with van der Waals surface area (Å²) in [4.78, 5) is 12.4. The predicted octanol–water partition coefficient (Wildman–Crippen LogP) is 1.72. The lowest BCUT2D eigenvalue weighted by Gasteiger charge is -2.35. The molecule has 4 heteroatoms. The van der Waals surface area contributed by atoms with E-state index < -0.39 is 0 Å². The van der Waals surface area contributed by atoms with Crippen LogP contribution in [-0.2, 0) is 6.54 Å². The summed E-state index contributed by atoms with van der Waals surface area (Å²) < 4.78 is 0. The third-order valence-electron chi connectivity index (χ3n) is 3.57. The van der Waals surface area contributed by atoms with E-state index >= 15 is 0 Å². The highest BCUT2D eigenvalue weighted by molar-refractivity contribution is 4.89. The Morgan fingerprint density at radius 1 is 1.47 bits per heavy atom. The van der Waals surface area contributed by atoms with Gasteiger partial charge in [-0.15, -0.1) is 0 Å². The zero-order valence-electron chi connectivity index (χ0n) is 11.0. The van der Waals surface area contributed by atoms with Gasteiger partial charge in [0.1, 0.15) is 5.82 Å². The van der Waals surface area contributed by atoms with Gasteiger partial charge < -0.3 is 9.88 Å². The molecule has 1 aromatic rings. The number of aromatic amines is 1. The second-order valence-electron chi connectivity index (χ2n) is 5.25. The molecule has 0 saturated carbocycles. The number of likely N-dealkylation sites (tertiary alicyclic amines) is 1. The van der Waals surface area contributed by atoms with Gasteiger partial charge in [0.15, 0.2) is 0 Å². The van der Waals surface area contributed by atoms with Crippen molar-refractivity contribution >= 4 is 0 Å². The van der Waals surface area contributed by atoms with E-state index in [0.717, 1.165) is 18.4 Å². The molecule has 1 aliphatic rings. The van der Waals surface area contributed by atoms with Gasteiger partial charge >= 0.3 is 0 Å². The van der Waals surface area contributed by atoms with E-state index in [2.05, 4.69) is 33.9 Å². The molecule has 1 aromatic heterocycles. The Morgan fingerprint density at radius 3 is 3.06 bits per heavy atom. The second kappa shape index (κ2) is 6.17. The minimum Gasteiger partial charge on any atom is -0.348 e. The lowest BCUT2D eigenvalue weighted by Crippen LogP contribution is -2.40. The van der Waals surface area contributed by atoms with E-state index in [4.69, 9.17) is 0 Å². The van der Waals surface area contributed by atoms with Crippen molar-refractivity contribution in [3.8, 4) is 0 Å². The first kappa shape index (κ1) is 12.6. The number of nitrogens with one attached hydrogen (secondary N) is 1. The van der Waals surface area contributed by atoms with Crippen molar-refractivity contribution < 1.29 is 0 Å². The van der Waals surface area contributed by atoms with Crippen LogP contribution in [0, 0.1) is 0 Å². The van der Waals surface area contributed by atoms with Crippen molar-refractivity contribution in [2.75, 3.05) is 27.2 Å². The first-order valence-corrected chi connectivity index (χ1v) is 6.63. The maximum absolute atomic E-state index is 4.33. The van der Waals surface area contributed by atoms with Crippen LogP contribution in [0.5, 0.6) is 0 Å². The molecule has 1 aliphatic heterocycles. The number of hydrogen-bond donors (Lipinski definition) is 1. The monoisotopic (exact) mass is 236 g/mol. The molecule has 0 radical (unpaired) electrons. The third-order valence-corrected chi connectivity index (χ3v) is 3.57. The Hall–Kier alpha value is -0.870. The second-order valence-corrected chi connectivity index (χ2v) is 5.25. The molecule has 0 spiro atoms. The summed E-state index contributed by atoms with van der Waals surface area (Å²) in [6.07, 6.45) is 9.08. The fourth-order valence-corrected chi connectivity index (χ4v) is 2.58. The van der Waals surface area contributed by atoms with E-state index in [-0.39, 0.29) is 0 Å². The average Bonchev–Trinajstić information content (AvgIpc) is 2.80. The molecule has 96 valence electrons. The summed E-state index contributed by atoms with van der Waals surface area (Å²) in [5.74, 6) is 1.10. The number of rotatable bonds is 5. The molecule has 0 unspecified atom stereocenters. The van der Waals surface area contributed by atoms with E-state index in [1.807, 2.05) is 12.4 Å². The van der Waals surface area contributed by atoms with Crippen LogP contribution in [0.25, 0.3) is 0 Å². The zero-order valence-corrected chi connectivity index (χ0v) is 11.0. The molecule has 1 N–H and O–H groups in total. The van der Waals surface area contributed by atoms with E-state index in [0.29, 0.717) is 0 Å². The van der Waals surface area contributed by atoms with Crippen molar-refractivity contribution in [2.45, 2.75) is 38.3 Å². The Balaban J connectivity index is 1.87. The number of imidazole rings is 1. The van der Waals surface area contributed by atoms with Crippen molar-refractivity contribution in [2.24, 2.45) is 0 Å². The normalized spacial score (nSPS) is 22.2. The standard InChI is InChI=1S/C13H24N4/c1-16(2)10-6-12-5-3-4-9-17(12)11-13-14-7-8-15-13/h7-8,12H,3-6,9-11H2,1-2H3,(H,14,15)/t12-/m1/s1. The van der Waals surface area contributed by atoms with Gasteiger partial charge in [-0.2, -0.15) is 0 Å². The molecule has 4 nitrogen and oxygen atoms in total. The number of aromatic nitrogens is 2. The van der Waals surface area contributed by atoms with Gasteiger partial charge in [0.25, 0.3) is 0 Å². The number of piperidine rings is 1. The molecular formula is C13H24N4. The fraction of sp³-hybridized carbons (Fsp3) is 0.769. The minimum absolute atomic E-state index is 0.733. The van der Waals surface area contributed by atoms with Crippen LogP contribution < -0.4 is 0 Å². The largest absolute Gasteiger partial charge is 0.348 e. The summed E-state index contributed by atoms with van der Waals surface area (Å²) in [6, 6.07) is 0.733. The lowest BCUT2D eigenvalue weighted by molar-refractivity contribution is 0.122. The van der Waals surface area contributed by atoms with Crippen molar-refractivity contribution in [1.29, 1.82) is 0 Å². The summed E-state index contributed by atoms with van der Waals surface area (Å²) in [5, 5.41) is 0. The highest BCUT2D eigenvalue weighted by Gasteiger charge is 2.22. The highest BCUT2D eigenvalue weighted by atomic mass is 15.2. The summed E-state index contributed by atoms with van der Waals surface area (Å²) in [6.45, 7) is 3.38. The maximum atomic E-state index is 4.33. The van der Waals surface area contributed by atoms with Crippen LogP contribution in [0.1, 0.15) is 31.5 Å². The third kappa shape index (κ3) is 3.82. The van der Waals surface area contributed by atoms with Crippen molar-refractivity contribution in [3.05, 3.63) is 18.2 Å². The van der Waals surface area contributed by atoms with Gasteiger partial charge in [0.2, 0.25) is 0 Å². The molecular weight excluding hydrogens is 212 g/mol. The van der Waals surface area contributed by atoms with Crippen molar-refractivity contribution in [3.63, 3.8) is 0 Å². The van der Waals surface area contributed by atoms with Crippen LogP contribution >= 0.6 is 0 Å². The fourth-order valence-electron chi connectivity index (χ4n) is 2.58. The van der Waals surface area contributed by atoms with Crippen LogP contribution in [0.4, 0.5) is 0 Å². The molecule has 0 amide bonds. The van der Waals surface area contributed by atoms with Gasteiger partial charge in [0.05, 0.1) is 6.54 Å². The molecule has 1 saturated heterocycles. The van der Waals surface area contributed by atoms with Crippen LogP contribution in [-0.4, -0.2) is 53.0 Å². The quantitative estimate of drug-likeness (QED) is 0.845. The zero-order chi connectivity index (χ0) is 12.1. The van der Waals surface area contributed by atoms with Crippen LogP contribution in [0.2, 0.25) is 0 Å². The maximum Gasteiger partial charge on any atom is 0.120 e. The molecule has 1 fully saturated rings. The molecule has 0 aromatic carbocycles. The Morgan fingerprint density at radius 2 is 2.35 bits per heavy atom. The summed E-state index contributed by atoms with van der Waals surface area (Å²) in [7, 11) is 4.30. The first-order valence-electron chi connectivity index (χ1n) is 6.63. The van der Waals surface area contributed by atoms with Gasteiger partial charge in [-0.25, -0.2) is 4.98 Å². The average molecular weight is 236 g/mol. The summed E-state index contributed by atoms with van der Waals surface area (Å²) >= 11 is 0. The van der Waals surface area contributed by atoms with Gasteiger partial charge in [-0.05, 0) is 46.4 Å². The molecule has 0 aliphatic carbocycles. The number of nitrogens with zero attached hydrogens (tertiary/aromatic N) is 3. The molecule has 1 atom stereocenters. The Bertz CT molecular complexity index is 307. The molecule has 17 heavy (non-hydrogen) atoms. The summed E-state index contributed by atoms with van der Waals surface area (Å²) in [5.41, 5.74) is 0. The van der Waals surface area contributed by atoms with E-state index in [1.54, 1.807) is 0 Å². The Kier molecular flexibility index (Phi) is 4.57. The van der Waals surface area contributed by atoms with Crippen molar-refractivity contribution in [1.82, 2.24) is 19.8 Å². The Labute approximate surface area is 104 Å². The van der Waals surface area contributed by atoms with Gasteiger partial charge in [-0.3, -0.25) is 4.90 Å². The molecule has 2 heterocycles. The number of H-pyrrole nitrogens is 1. The number of hydrogen-bond acceptors (Lipinski definition) is 3. The smallest absolute Gasteiger partial charge is 0.120 e. The molecule has 2 rings (SSSR count). The SMILES string of the molecule is CN(C)CC[C@H]1CCCCN1Cc1ncc[nH]1. The highest BCUT2D eigenvalue weighted by Crippen LogP contribution is 2.21. The van der Waals surface area contributed by atoms with Crippen LogP contribution in [0.15, 0.2) is 12.4 Å². The van der Waals surface area contributed by atoms with Gasteiger partial charge in [-0.1, -0.05) is 6.42 Å². The first-order chi connectivity index (χ1) is 8.25. The van der Waals surface area contributed by atoms with Crippen LogP contribution in [0.3, 0.4) is 0 Å². The minimum atomic E-state index is 0.733. The predicted molar refractivity (Wildman–Crippen MR) is 69.8 cm³/mol. The van der Waals surface area contributed by atoms with E-state index in [9.17, 15) is 0 Å². The molecule has 0 bridgehead atoms. The topological polar surface area (TPSA) is 35.2 Å². The lowest BCUT2D eigenvalue weighted by atomic mass is 9.99.